The summed E-state index contributed by atoms with van der Waals surface area (Å²) in [6.45, 7) is 1.64. The lowest BCUT2D eigenvalue weighted by molar-refractivity contribution is 0.209. The van der Waals surface area contributed by atoms with Gasteiger partial charge in [0.1, 0.15) is 11.6 Å². The van der Waals surface area contributed by atoms with Crippen LogP contribution in [0.2, 0.25) is 0 Å². The molecule has 0 N–H and O–H groups in total. The molecule has 1 atom stereocenters. The van der Waals surface area contributed by atoms with Crippen LogP contribution in [0, 0.1) is 11.6 Å². The van der Waals surface area contributed by atoms with E-state index in [1.54, 1.807) is 0 Å². The van der Waals surface area contributed by atoms with Crippen LogP contribution in [-0.2, 0) is 6.54 Å². The van der Waals surface area contributed by atoms with Crippen LogP contribution in [0.3, 0.4) is 0 Å². The molecule has 1 aromatic rings. The Morgan fingerprint density at radius 2 is 1.83 bits per heavy atom. The second-order valence-electron chi connectivity index (χ2n) is 4.91. The maximum absolute atomic E-state index is 13.2. The Bertz CT molecular complexity index is 377. The lowest BCUT2D eigenvalue weighted by atomic mass is 10.1. The Labute approximate surface area is 115 Å². The zero-order valence-corrected chi connectivity index (χ0v) is 11.9. The summed E-state index contributed by atoms with van der Waals surface area (Å²) in [5, 5.41) is 0.921. The fourth-order valence-corrected chi connectivity index (χ4v) is 3.29. The van der Waals surface area contributed by atoms with Crippen molar-refractivity contribution in [3.05, 3.63) is 35.4 Å². The summed E-state index contributed by atoms with van der Waals surface area (Å²) in [5.74, 6) is -0.981. The second-order valence-corrected chi connectivity index (χ2v) is 5.55. The summed E-state index contributed by atoms with van der Waals surface area (Å²) >= 11 is 3.54. The SMILES string of the molecule is Fc1cc(F)cc(CN2CCCCCC2CBr)c1. The number of hydrogen-bond acceptors (Lipinski definition) is 1. The van der Waals surface area contributed by atoms with Gasteiger partial charge in [0.15, 0.2) is 0 Å². The van der Waals surface area contributed by atoms with Crippen LogP contribution in [0.4, 0.5) is 8.78 Å². The lowest BCUT2D eigenvalue weighted by Gasteiger charge is -2.28. The molecule has 0 radical (unpaired) electrons. The molecule has 0 aliphatic carbocycles. The number of rotatable bonds is 3. The van der Waals surface area contributed by atoms with Gasteiger partial charge in [-0.15, -0.1) is 0 Å². The van der Waals surface area contributed by atoms with Gasteiger partial charge in [-0.2, -0.15) is 0 Å². The monoisotopic (exact) mass is 317 g/mol. The number of alkyl halides is 1. The molecule has 0 bridgehead atoms. The minimum absolute atomic E-state index is 0.471. The molecular weight excluding hydrogens is 300 g/mol. The Morgan fingerprint density at radius 3 is 2.50 bits per heavy atom. The quantitative estimate of drug-likeness (QED) is 0.758. The van der Waals surface area contributed by atoms with E-state index in [4.69, 9.17) is 0 Å². The van der Waals surface area contributed by atoms with Crippen molar-refractivity contribution in [2.45, 2.75) is 38.3 Å². The molecule has 1 fully saturated rings. The molecule has 1 heterocycles. The van der Waals surface area contributed by atoms with Gasteiger partial charge in [0.25, 0.3) is 0 Å². The molecule has 1 aromatic carbocycles. The largest absolute Gasteiger partial charge is 0.295 e. The maximum atomic E-state index is 13.2. The molecule has 100 valence electrons. The van der Waals surface area contributed by atoms with E-state index in [0.29, 0.717) is 12.6 Å². The van der Waals surface area contributed by atoms with E-state index < -0.39 is 11.6 Å². The van der Waals surface area contributed by atoms with Crippen molar-refractivity contribution >= 4 is 15.9 Å². The summed E-state index contributed by atoms with van der Waals surface area (Å²) in [6.07, 6.45) is 4.81. The van der Waals surface area contributed by atoms with E-state index in [-0.39, 0.29) is 0 Å². The Hall–Kier alpha value is -0.480. The summed E-state index contributed by atoms with van der Waals surface area (Å²) in [6, 6.07) is 4.26. The third-order valence-electron chi connectivity index (χ3n) is 3.49. The van der Waals surface area contributed by atoms with Crippen LogP contribution in [0.15, 0.2) is 18.2 Å². The highest BCUT2D eigenvalue weighted by Crippen LogP contribution is 2.21. The molecule has 1 aliphatic rings. The molecule has 4 heteroatoms. The van der Waals surface area contributed by atoms with Crippen LogP contribution in [-0.4, -0.2) is 22.8 Å². The molecule has 1 saturated heterocycles. The minimum atomic E-state index is -0.491. The van der Waals surface area contributed by atoms with Crippen LogP contribution in [0.5, 0.6) is 0 Å². The molecule has 0 aromatic heterocycles. The van der Waals surface area contributed by atoms with Gasteiger partial charge in [0.2, 0.25) is 0 Å². The van der Waals surface area contributed by atoms with E-state index in [0.717, 1.165) is 29.9 Å². The van der Waals surface area contributed by atoms with Crippen molar-refractivity contribution in [2.75, 3.05) is 11.9 Å². The summed E-state index contributed by atoms with van der Waals surface area (Å²) in [4.78, 5) is 2.33. The van der Waals surface area contributed by atoms with Gasteiger partial charge in [0.05, 0.1) is 0 Å². The van der Waals surface area contributed by atoms with Crippen LogP contribution in [0.25, 0.3) is 0 Å². The molecule has 0 spiro atoms. The number of halogens is 3. The van der Waals surface area contributed by atoms with E-state index in [9.17, 15) is 8.78 Å². The smallest absolute Gasteiger partial charge is 0.126 e. The average Bonchev–Trinajstić information content (AvgIpc) is 2.52. The normalized spacial score (nSPS) is 21.8. The predicted octanol–water partition coefficient (Wildman–Crippen LogP) is 4.10. The molecule has 1 aliphatic heterocycles. The number of likely N-dealkylation sites (tertiary alicyclic amines) is 1. The van der Waals surface area contributed by atoms with Gasteiger partial charge in [0, 0.05) is 24.0 Å². The van der Waals surface area contributed by atoms with Crippen LogP contribution >= 0.6 is 15.9 Å². The topological polar surface area (TPSA) is 3.24 Å². The first-order valence-electron chi connectivity index (χ1n) is 6.44. The number of hydrogen-bond donors (Lipinski definition) is 0. The first-order valence-corrected chi connectivity index (χ1v) is 7.56. The average molecular weight is 318 g/mol. The second kappa shape index (κ2) is 6.62. The summed E-state index contributed by atoms with van der Waals surface area (Å²) < 4.78 is 26.3. The van der Waals surface area contributed by atoms with E-state index in [1.165, 1.54) is 31.4 Å². The van der Waals surface area contributed by atoms with E-state index in [1.807, 2.05) is 0 Å². The van der Waals surface area contributed by atoms with Gasteiger partial charge >= 0.3 is 0 Å². The fourth-order valence-electron chi connectivity index (χ4n) is 2.56. The predicted molar refractivity (Wildman–Crippen MR) is 72.8 cm³/mol. The van der Waals surface area contributed by atoms with Crippen molar-refractivity contribution in [1.29, 1.82) is 0 Å². The zero-order valence-electron chi connectivity index (χ0n) is 10.3. The highest BCUT2D eigenvalue weighted by Gasteiger charge is 2.20. The molecule has 1 unspecified atom stereocenters. The van der Waals surface area contributed by atoms with Gasteiger partial charge in [-0.25, -0.2) is 8.78 Å². The molecule has 18 heavy (non-hydrogen) atoms. The number of nitrogens with zero attached hydrogens (tertiary/aromatic N) is 1. The molecule has 0 amide bonds. The van der Waals surface area contributed by atoms with Crippen LogP contribution < -0.4 is 0 Å². The van der Waals surface area contributed by atoms with E-state index in [2.05, 4.69) is 20.8 Å². The fraction of sp³-hybridized carbons (Fsp3) is 0.571. The molecule has 0 saturated carbocycles. The Morgan fingerprint density at radius 1 is 1.11 bits per heavy atom. The van der Waals surface area contributed by atoms with Gasteiger partial charge in [-0.1, -0.05) is 28.8 Å². The maximum Gasteiger partial charge on any atom is 0.126 e. The van der Waals surface area contributed by atoms with Crippen molar-refractivity contribution in [3.63, 3.8) is 0 Å². The first kappa shape index (κ1) is 13.9. The van der Waals surface area contributed by atoms with Gasteiger partial charge in [-0.05, 0) is 37.1 Å². The zero-order chi connectivity index (χ0) is 13.0. The van der Waals surface area contributed by atoms with Crippen molar-refractivity contribution in [1.82, 2.24) is 4.90 Å². The van der Waals surface area contributed by atoms with Crippen molar-refractivity contribution < 1.29 is 8.78 Å². The van der Waals surface area contributed by atoms with Gasteiger partial charge < -0.3 is 0 Å². The molecular formula is C14H18BrF2N. The third-order valence-corrected chi connectivity index (χ3v) is 4.23. The highest BCUT2D eigenvalue weighted by atomic mass is 79.9. The lowest BCUT2D eigenvalue weighted by Crippen LogP contribution is -2.35. The Balaban J connectivity index is 2.09. The third kappa shape index (κ3) is 3.75. The van der Waals surface area contributed by atoms with E-state index >= 15 is 0 Å². The Kier molecular flexibility index (Phi) is 5.13. The first-order chi connectivity index (χ1) is 8.69. The summed E-state index contributed by atoms with van der Waals surface area (Å²) in [5.41, 5.74) is 0.723. The molecule has 1 nitrogen and oxygen atoms in total. The van der Waals surface area contributed by atoms with Crippen molar-refractivity contribution in [3.8, 4) is 0 Å². The van der Waals surface area contributed by atoms with Crippen LogP contribution in [0.1, 0.15) is 31.2 Å². The minimum Gasteiger partial charge on any atom is -0.295 e. The summed E-state index contributed by atoms with van der Waals surface area (Å²) in [7, 11) is 0. The molecule has 2 rings (SSSR count). The number of benzene rings is 1. The van der Waals surface area contributed by atoms with Gasteiger partial charge in [-0.3, -0.25) is 4.90 Å². The highest BCUT2D eigenvalue weighted by molar-refractivity contribution is 9.09. The van der Waals surface area contributed by atoms with Crippen molar-refractivity contribution in [2.24, 2.45) is 0 Å². The standard InChI is InChI=1S/C14H18BrF2N/c15-9-14-4-2-1-3-5-18(14)10-11-6-12(16)8-13(17)7-11/h6-8,14H,1-5,9-10H2.